The van der Waals surface area contributed by atoms with Crippen LogP contribution in [0.2, 0.25) is 0 Å². The number of nitrogens with one attached hydrogen (secondary N) is 2. The van der Waals surface area contributed by atoms with Crippen molar-refractivity contribution in [3.63, 3.8) is 0 Å². The smallest absolute Gasteiger partial charge is 0.243 e. The number of rotatable bonds is 7. The van der Waals surface area contributed by atoms with Crippen LogP contribution in [0, 0.1) is 5.82 Å². The lowest BCUT2D eigenvalue weighted by atomic mass is 10.3. The summed E-state index contributed by atoms with van der Waals surface area (Å²) in [6.45, 7) is 4.30. The van der Waals surface area contributed by atoms with E-state index in [9.17, 15) is 12.8 Å². The van der Waals surface area contributed by atoms with Crippen molar-refractivity contribution in [3.8, 4) is 11.5 Å². The summed E-state index contributed by atoms with van der Waals surface area (Å²) < 4.78 is 51.0. The van der Waals surface area contributed by atoms with Gasteiger partial charge in [-0.1, -0.05) is 0 Å². The highest BCUT2D eigenvalue weighted by Crippen LogP contribution is 2.31. The number of hydrogen-bond donors (Lipinski definition) is 2. The maximum absolute atomic E-state index is 14.1. The fourth-order valence-corrected chi connectivity index (χ4v) is 3.49. The molecule has 0 aliphatic carbocycles. The number of sulfonamides is 1. The van der Waals surface area contributed by atoms with E-state index in [0.29, 0.717) is 6.54 Å². The second-order valence-electron chi connectivity index (χ2n) is 5.13. The van der Waals surface area contributed by atoms with Gasteiger partial charge in [-0.3, -0.25) is 4.90 Å². The molecule has 1 aliphatic heterocycles. The second-order valence-corrected chi connectivity index (χ2v) is 6.86. The van der Waals surface area contributed by atoms with Crippen molar-refractivity contribution in [1.29, 1.82) is 0 Å². The van der Waals surface area contributed by atoms with E-state index in [1.807, 2.05) is 0 Å². The lowest BCUT2D eigenvalue weighted by molar-refractivity contribution is 0.245. The highest BCUT2D eigenvalue weighted by molar-refractivity contribution is 7.89. The summed E-state index contributed by atoms with van der Waals surface area (Å²) in [6, 6.07) is 2.13. The molecule has 1 heterocycles. The van der Waals surface area contributed by atoms with Gasteiger partial charge in [0.2, 0.25) is 10.0 Å². The Bertz CT molecular complexity index is 643. The van der Waals surface area contributed by atoms with Crippen molar-refractivity contribution in [2.75, 3.05) is 53.5 Å². The minimum absolute atomic E-state index is 0. The molecule has 146 valence electrons. The van der Waals surface area contributed by atoms with Crippen LogP contribution in [0.25, 0.3) is 0 Å². The number of benzene rings is 1. The fourth-order valence-electron chi connectivity index (χ4n) is 2.39. The molecule has 2 N–H and O–H groups in total. The Kier molecular flexibility index (Phi) is 10.6. The van der Waals surface area contributed by atoms with E-state index in [-0.39, 0.29) is 42.9 Å². The third-order valence-corrected chi connectivity index (χ3v) is 5.13. The lowest BCUT2D eigenvalue weighted by Crippen LogP contribution is -2.46. The largest absolute Gasteiger partial charge is 0.493 e. The van der Waals surface area contributed by atoms with E-state index in [4.69, 9.17) is 9.47 Å². The molecule has 1 saturated heterocycles. The van der Waals surface area contributed by atoms with Gasteiger partial charge < -0.3 is 14.8 Å². The Morgan fingerprint density at radius 1 is 1.16 bits per heavy atom. The summed E-state index contributed by atoms with van der Waals surface area (Å²) in [6.07, 6.45) is 0. The second kappa shape index (κ2) is 11.0. The lowest BCUT2D eigenvalue weighted by Gasteiger charge is -2.27. The molecule has 1 aromatic rings. The normalized spacial score (nSPS) is 15.0. The van der Waals surface area contributed by atoms with Gasteiger partial charge in [-0.25, -0.2) is 17.5 Å². The highest BCUT2D eigenvalue weighted by Gasteiger charge is 2.22. The first-order chi connectivity index (χ1) is 11.0. The number of ether oxygens (including phenoxy) is 2. The van der Waals surface area contributed by atoms with Gasteiger partial charge >= 0.3 is 0 Å². The number of halogens is 3. The first kappa shape index (κ1) is 24.2. The van der Waals surface area contributed by atoms with Crippen molar-refractivity contribution < 1.29 is 22.3 Å². The Morgan fingerprint density at radius 3 is 2.28 bits per heavy atom. The quantitative estimate of drug-likeness (QED) is 0.682. The molecule has 1 aromatic carbocycles. The van der Waals surface area contributed by atoms with Crippen molar-refractivity contribution in [2.24, 2.45) is 0 Å². The van der Waals surface area contributed by atoms with E-state index >= 15 is 0 Å². The number of nitrogens with zero attached hydrogens (tertiary/aromatic N) is 1. The van der Waals surface area contributed by atoms with Crippen molar-refractivity contribution in [2.45, 2.75) is 4.90 Å². The summed E-state index contributed by atoms with van der Waals surface area (Å²) in [7, 11) is -1.23. The monoisotopic (exact) mass is 419 g/mol. The molecule has 0 spiro atoms. The van der Waals surface area contributed by atoms with Gasteiger partial charge in [-0.05, 0) is 0 Å². The number of hydrogen-bond acceptors (Lipinski definition) is 6. The molecule has 0 saturated carbocycles. The summed E-state index contributed by atoms with van der Waals surface area (Å²) in [5.74, 6) is -0.571. The summed E-state index contributed by atoms with van der Waals surface area (Å²) in [5, 5.41) is 3.22. The van der Waals surface area contributed by atoms with E-state index in [0.717, 1.165) is 38.3 Å². The molecule has 1 aliphatic rings. The van der Waals surface area contributed by atoms with Crippen molar-refractivity contribution in [1.82, 2.24) is 14.9 Å². The SMILES string of the molecule is COc1cc(F)c(S(=O)(=O)NCCN2CCNCC2)cc1OC.Cl.Cl. The predicted octanol–water partition coefficient (Wildman–Crippen LogP) is 0.870. The zero-order valence-electron chi connectivity index (χ0n) is 14.1. The molecular formula is C14H24Cl2FN3O4S. The van der Waals surface area contributed by atoms with Gasteiger partial charge in [-0.15, -0.1) is 24.8 Å². The molecule has 0 bridgehead atoms. The molecular weight excluding hydrogens is 396 g/mol. The van der Waals surface area contributed by atoms with Gasteiger partial charge in [0.1, 0.15) is 10.7 Å². The van der Waals surface area contributed by atoms with E-state index in [1.54, 1.807) is 0 Å². The minimum Gasteiger partial charge on any atom is -0.493 e. The molecule has 0 unspecified atom stereocenters. The van der Waals surface area contributed by atoms with Crippen LogP contribution in [0.1, 0.15) is 0 Å². The van der Waals surface area contributed by atoms with Crippen LogP contribution >= 0.6 is 24.8 Å². The Morgan fingerprint density at radius 2 is 1.72 bits per heavy atom. The predicted molar refractivity (Wildman–Crippen MR) is 98.5 cm³/mol. The maximum Gasteiger partial charge on any atom is 0.243 e. The third kappa shape index (κ3) is 6.43. The van der Waals surface area contributed by atoms with Crippen molar-refractivity contribution >= 4 is 34.8 Å². The number of piperazine rings is 1. The number of methoxy groups -OCH3 is 2. The fraction of sp³-hybridized carbons (Fsp3) is 0.571. The van der Waals surface area contributed by atoms with Crippen LogP contribution in [-0.2, 0) is 10.0 Å². The van der Waals surface area contributed by atoms with Crippen LogP contribution < -0.4 is 19.5 Å². The molecule has 7 nitrogen and oxygen atoms in total. The zero-order chi connectivity index (χ0) is 16.9. The van der Waals surface area contributed by atoms with Gasteiger partial charge in [0.05, 0.1) is 14.2 Å². The molecule has 1 fully saturated rings. The van der Waals surface area contributed by atoms with Crippen LogP contribution in [-0.4, -0.2) is 66.8 Å². The van der Waals surface area contributed by atoms with Gasteiger partial charge in [-0.2, -0.15) is 0 Å². The molecule has 0 aromatic heterocycles. The van der Waals surface area contributed by atoms with Crippen LogP contribution in [0.3, 0.4) is 0 Å². The molecule has 25 heavy (non-hydrogen) atoms. The zero-order valence-corrected chi connectivity index (χ0v) is 16.5. The summed E-state index contributed by atoms with van der Waals surface area (Å²) in [4.78, 5) is 1.69. The van der Waals surface area contributed by atoms with Crippen LogP contribution in [0.5, 0.6) is 11.5 Å². The van der Waals surface area contributed by atoms with Crippen LogP contribution in [0.4, 0.5) is 4.39 Å². The third-order valence-electron chi connectivity index (χ3n) is 3.66. The Labute approximate surface area is 160 Å². The Balaban J connectivity index is 0.00000288. The Hall–Kier alpha value is -0.840. The van der Waals surface area contributed by atoms with Gasteiger partial charge in [0, 0.05) is 51.4 Å². The van der Waals surface area contributed by atoms with Gasteiger partial charge in [0.15, 0.2) is 11.5 Å². The highest BCUT2D eigenvalue weighted by atomic mass is 35.5. The van der Waals surface area contributed by atoms with Crippen molar-refractivity contribution in [3.05, 3.63) is 17.9 Å². The molecule has 0 amide bonds. The minimum atomic E-state index is -3.95. The topological polar surface area (TPSA) is 79.9 Å². The van der Waals surface area contributed by atoms with E-state index < -0.39 is 20.7 Å². The first-order valence-corrected chi connectivity index (χ1v) is 8.80. The maximum atomic E-state index is 14.1. The summed E-state index contributed by atoms with van der Waals surface area (Å²) >= 11 is 0. The van der Waals surface area contributed by atoms with Gasteiger partial charge in [0.25, 0.3) is 0 Å². The molecule has 2 rings (SSSR count). The average molecular weight is 420 g/mol. The van der Waals surface area contributed by atoms with E-state index in [1.165, 1.54) is 14.2 Å². The molecule has 11 heteroatoms. The standard InChI is InChI=1S/C14H22FN3O4S.2ClH/c1-21-12-9-11(15)14(10-13(12)22-2)23(19,20)17-5-8-18-6-3-16-4-7-18;;/h9-10,16-17H,3-8H2,1-2H3;2*1H. The first-order valence-electron chi connectivity index (χ1n) is 7.32. The average Bonchev–Trinajstić information content (AvgIpc) is 2.55. The van der Waals surface area contributed by atoms with E-state index in [2.05, 4.69) is 14.9 Å². The van der Waals surface area contributed by atoms with Crippen LogP contribution in [0.15, 0.2) is 17.0 Å². The molecule has 0 atom stereocenters. The summed E-state index contributed by atoms with van der Waals surface area (Å²) in [5.41, 5.74) is 0. The molecule has 0 radical (unpaired) electrons.